The van der Waals surface area contributed by atoms with E-state index < -0.39 is 17.9 Å². The molecule has 3 aromatic carbocycles. The van der Waals surface area contributed by atoms with E-state index in [9.17, 15) is 14.4 Å². The lowest BCUT2D eigenvalue weighted by atomic mass is 10.0. The van der Waals surface area contributed by atoms with Gasteiger partial charge in [0, 0.05) is 24.1 Å². The number of amides is 2. The van der Waals surface area contributed by atoms with Gasteiger partial charge in [-0.3, -0.25) is 19.1 Å². The molecule has 4 aromatic rings. The summed E-state index contributed by atoms with van der Waals surface area (Å²) in [6, 6.07) is 24.0. The number of nitrogens with zero attached hydrogens (tertiary/aromatic N) is 2. The maximum absolute atomic E-state index is 13.4. The Labute approximate surface area is 207 Å². The molecule has 2 N–H and O–H groups in total. The summed E-state index contributed by atoms with van der Waals surface area (Å²) >= 11 is 5.93. The summed E-state index contributed by atoms with van der Waals surface area (Å²) in [7, 11) is 1.75. The van der Waals surface area contributed by atoms with E-state index >= 15 is 0 Å². The van der Waals surface area contributed by atoms with E-state index in [0.717, 1.165) is 5.56 Å². The van der Waals surface area contributed by atoms with Crippen LogP contribution in [0.15, 0.2) is 89.7 Å². The molecule has 2 amide bonds. The van der Waals surface area contributed by atoms with Crippen LogP contribution >= 0.6 is 11.6 Å². The van der Waals surface area contributed by atoms with Gasteiger partial charge in [-0.15, -0.1) is 0 Å². The molecule has 8 heteroatoms. The van der Waals surface area contributed by atoms with Gasteiger partial charge in [0.2, 0.25) is 5.91 Å². The molecule has 1 atom stereocenters. The molecule has 4 rings (SSSR count). The molecule has 7 nitrogen and oxygen atoms in total. The lowest BCUT2D eigenvalue weighted by Crippen LogP contribution is -2.45. The number of rotatable bonds is 7. The number of halogens is 1. The van der Waals surface area contributed by atoms with Crippen LogP contribution in [0, 0.1) is 6.92 Å². The van der Waals surface area contributed by atoms with Gasteiger partial charge in [0.1, 0.15) is 11.7 Å². The smallest absolute Gasteiger partial charge is 0.295 e. The molecule has 0 aliphatic rings. The Morgan fingerprint density at radius 1 is 0.914 bits per heavy atom. The van der Waals surface area contributed by atoms with Crippen molar-refractivity contribution in [2.75, 3.05) is 5.32 Å². The first-order valence-corrected chi connectivity index (χ1v) is 11.5. The Morgan fingerprint density at radius 3 is 2.14 bits per heavy atom. The number of benzene rings is 3. The van der Waals surface area contributed by atoms with E-state index in [0.29, 0.717) is 22.0 Å². The molecule has 1 aromatic heterocycles. The first kappa shape index (κ1) is 24.0. The molecule has 0 bridgehead atoms. The second kappa shape index (κ2) is 10.4. The highest BCUT2D eigenvalue weighted by Crippen LogP contribution is 2.16. The Morgan fingerprint density at radius 2 is 1.51 bits per heavy atom. The summed E-state index contributed by atoms with van der Waals surface area (Å²) in [6.07, 6.45) is 0.255. The molecule has 0 saturated carbocycles. The fourth-order valence-electron chi connectivity index (χ4n) is 3.82. The van der Waals surface area contributed by atoms with Crippen LogP contribution in [0.1, 0.15) is 21.6 Å². The van der Waals surface area contributed by atoms with Crippen LogP contribution < -0.4 is 16.2 Å². The molecule has 0 aliphatic carbocycles. The second-order valence-corrected chi connectivity index (χ2v) is 8.58. The summed E-state index contributed by atoms with van der Waals surface area (Å²) in [4.78, 5) is 39.5. The highest BCUT2D eigenvalue weighted by molar-refractivity contribution is 6.30. The highest BCUT2D eigenvalue weighted by Gasteiger charge is 2.25. The standard InChI is InChI=1S/C27H25ClN4O3/c1-18-24(27(35)32(31(18)2)22-11-7-4-8-12-22)30-26(34)23(17-19-9-5-3-6-10-19)29-25(33)20-13-15-21(28)16-14-20/h3-16,23H,17H2,1-2H3,(H,29,33)(H,30,34). The number of nitrogens with one attached hydrogen (secondary N) is 2. The lowest BCUT2D eigenvalue weighted by Gasteiger charge is -2.18. The molecule has 0 fully saturated rings. The van der Waals surface area contributed by atoms with Crippen LogP contribution in [0.4, 0.5) is 5.69 Å². The van der Waals surface area contributed by atoms with Gasteiger partial charge >= 0.3 is 0 Å². The summed E-state index contributed by atoms with van der Waals surface area (Å²) in [5, 5.41) is 6.08. The summed E-state index contributed by atoms with van der Waals surface area (Å²) in [5.41, 5.74) is 2.33. The quantitative estimate of drug-likeness (QED) is 0.410. The van der Waals surface area contributed by atoms with Crippen LogP contribution in [0.3, 0.4) is 0 Å². The minimum absolute atomic E-state index is 0.167. The number of hydrogen-bond acceptors (Lipinski definition) is 3. The van der Waals surface area contributed by atoms with Crippen molar-refractivity contribution in [3.8, 4) is 5.69 Å². The Hall–Kier alpha value is -4.10. The molecule has 0 aliphatic heterocycles. The Kier molecular flexibility index (Phi) is 7.17. The van der Waals surface area contributed by atoms with Crippen LogP contribution in [0.25, 0.3) is 5.69 Å². The van der Waals surface area contributed by atoms with E-state index in [-0.39, 0.29) is 17.7 Å². The summed E-state index contributed by atoms with van der Waals surface area (Å²) in [5.74, 6) is -0.897. The maximum Gasteiger partial charge on any atom is 0.295 e. The number of carbonyl (C=O) groups excluding carboxylic acids is 2. The topological polar surface area (TPSA) is 85.1 Å². The Balaban J connectivity index is 1.63. The van der Waals surface area contributed by atoms with Gasteiger partial charge in [0.15, 0.2) is 0 Å². The number of carbonyl (C=O) groups is 2. The van der Waals surface area contributed by atoms with Crippen LogP contribution in [0.5, 0.6) is 0 Å². The number of hydrogen-bond donors (Lipinski definition) is 2. The monoisotopic (exact) mass is 488 g/mol. The molecule has 1 unspecified atom stereocenters. The minimum atomic E-state index is -0.912. The maximum atomic E-state index is 13.4. The molecular weight excluding hydrogens is 464 g/mol. The van der Waals surface area contributed by atoms with Gasteiger partial charge in [-0.1, -0.05) is 60.1 Å². The van der Waals surface area contributed by atoms with Gasteiger partial charge < -0.3 is 10.6 Å². The molecule has 178 valence electrons. The predicted molar refractivity (Wildman–Crippen MR) is 137 cm³/mol. The molecule has 1 heterocycles. The van der Waals surface area contributed by atoms with Crippen molar-refractivity contribution in [2.45, 2.75) is 19.4 Å². The third-order valence-electron chi connectivity index (χ3n) is 5.81. The largest absolute Gasteiger partial charge is 0.340 e. The van der Waals surface area contributed by atoms with Gasteiger partial charge in [-0.2, -0.15) is 0 Å². The molecular formula is C27H25ClN4O3. The number of anilines is 1. The average molecular weight is 489 g/mol. The van der Waals surface area contributed by atoms with Crippen molar-refractivity contribution in [2.24, 2.45) is 7.05 Å². The van der Waals surface area contributed by atoms with Crippen molar-refractivity contribution < 1.29 is 9.59 Å². The minimum Gasteiger partial charge on any atom is -0.340 e. The van der Waals surface area contributed by atoms with Crippen molar-refractivity contribution in [3.63, 3.8) is 0 Å². The summed E-state index contributed by atoms with van der Waals surface area (Å²) in [6.45, 7) is 1.76. The number of aromatic nitrogens is 2. The SMILES string of the molecule is Cc1c(NC(=O)C(Cc2ccccc2)NC(=O)c2ccc(Cl)cc2)c(=O)n(-c2ccccc2)n1C. The average Bonchev–Trinajstić information content (AvgIpc) is 3.08. The first-order chi connectivity index (χ1) is 16.8. The van der Waals surface area contributed by atoms with Crippen molar-refractivity contribution >= 4 is 29.1 Å². The zero-order valence-electron chi connectivity index (χ0n) is 19.4. The molecule has 35 heavy (non-hydrogen) atoms. The van der Waals surface area contributed by atoms with Crippen LogP contribution in [0.2, 0.25) is 5.02 Å². The van der Waals surface area contributed by atoms with E-state index in [2.05, 4.69) is 10.6 Å². The molecule has 0 saturated heterocycles. The third kappa shape index (κ3) is 5.36. The second-order valence-electron chi connectivity index (χ2n) is 8.15. The van der Waals surface area contributed by atoms with Crippen molar-refractivity contribution in [3.05, 3.63) is 117 Å². The first-order valence-electron chi connectivity index (χ1n) is 11.1. The van der Waals surface area contributed by atoms with Gasteiger partial charge in [0.25, 0.3) is 11.5 Å². The van der Waals surface area contributed by atoms with Gasteiger partial charge in [-0.25, -0.2) is 4.68 Å². The van der Waals surface area contributed by atoms with Crippen molar-refractivity contribution in [1.29, 1.82) is 0 Å². The zero-order chi connectivity index (χ0) is 24.9. The van der Waals surface area contributed by atoms with E-state index in [1.165, 1.54) is 4.68 Å². The van der Waals surface area contributed by atoms with E-state index in [1.54, 1.807) is 42.9 Å². The van der Waals surface area contributed by atoms with E-state index in [1.807, 2.05) is 60.7 Å². The Bertz CT molecular complexity index is 1390. The highest BCUT2D eigenvalue weighted by atomic mass is 35.5. The predicted octanol–water partition coefficient (Wildman–Crippen LogP) is 4.12. The van der Waals surface area contributed by atoms with Gasteiger partial charge in [-0.05, 0) is 48.9 Å². The normalized spacial score (nSPS) is 11.6. The zero-order valence-corrected chi connectivity index (χ0v) is 20.1. The third-order valence-corrected chi connectivity index (χ3v) is 6.07. The van der Waals surface area contributed by atoms with Crippen LogP contribution in [-0.4, -0.2) is 27.2 Å². The summed E-state index contributed by atoms with van der Waals surface area (Å²) < 4.78 is 3.18. The molecule has 0 radical (unpaired) electrons. The fourth-order valence-corrected chi connectivity index (χ4v) is 3.95. The van der Waals surface area contributed by atoms with Crippen molar-refractivity contribution in [1.82, 2.24) is 14.7 Å². The van der Waals surface area contributed by atoms with Gasteiger partial charge in [0.05, 0.1) is 11.4 Å². The van der Waals surface area contributed by atoms with Crippen LogP contribution in [-0.2, 0) is 18.3 Å². The van der Waals surface area contributed by atoms with E-state index in [4.69, 9.17) is 11.6 Å². The lowest BCUT2D eigenvalue weighted by molar-refractivity contribution is -0.118. The number of para-hydroxylation sites is 1. The fraction of sp³-hybridized carbons (Fsp3) is 0.148. The molecule has 0 spiro atoms.